The molecule has 0 aliphatic carbocycles. The lowest BCUT2D eigenvalue weighted by Crippen LogP contribution is -2.50. The number of fused-ring (bicyclic) bond motifs is 1. The molecule has 0 spiro atoms. The predicted octanol–water partition coefficient (Wildman–Crippen LogP) is 3.72. The molecule has 1 amide bonds. The van der Waals surface area contributed by atoms with Crippen molar-refractivity contribution < 1.29 is 27.8 Å². The Labute approximate surface area is 163 Å². The Kier molecular flexibility index (Phi) is 5.46. The van der Waals surface area contributed by atoms with E-state index in [2.05, 4.69) is 20.7 Å². The van der Waals surface area contributed by atoms with Crippen LogP contribution in [0.2, 0.25) is 0 Å². The second kappa shape index (κ2) is 7.64. The number of amides is 1. The highest BCUT2D eigenvalue weighted by atomic mass is 79.9. The van der Waals surface area contributed by atoms with Crippen LogP contribution in [0, 0.1) is 0 Å². The molecular formula is C19H16BrF2NO4. The molecule has 5 nitrogen and oxygen atoms in total. The van der Waals surface area contributed by atoms with E-state index in [-0.39, 0.29) is 18.8 Å². The molecular weight excluding hydrogens is 424 g/mol. The van der Waals surface area contributed by atoms with Crippen LogP contribution < -0.4 is 4.74 Å². The number of ether oxygens (including phenoxy) is 2. The van der Waals surface area contributed by atoms with E-state index in [0.29, 0.717) is 15.6 Å². The third-order valence-electron chi connectivity index (χ3n) is 4.28. The van der Waals surface area contributed by atoms with Gasteiger partial charge in [-0.15, -0.1) is 0 Å². The number of hydrogen-bond donors (Lipinski definition) is 0. The number of methoxy groups -OCH3 is 1. The molecule has 0 saturated carbocycles. The van der Waals surface area contributed by atoms with Crippen LogP contribution >= 0.6 is 15.9 Å². The minimum Gasteiger partial charge on any atom is -0.468 e. The zero-order valence-corrected chi connectivity index (χ0v) is 15.9. The summed E-state index contributed by atoms with van der Waals surface area (Å²) in [5.74, 6) is -3.06. The summed E-state index contributed by atoms with van der Waals surface area (Å²) in [5, 5.41) is 0. The Morgan fingerprint density at radius 1 is 1.15 bits per heavy atom. The Morgan fingerprint density at radius 2 is 1.81 bits per heavy atom. The molecule has 2 aromatic rings. The average Bonchev–Trinajstić information content (AvgIpc) is 2.67. The molecule has 1 aliphatic rings. The lowest BCUT2D eigenvalue weighted by Gasteiger charge is -2.34. The maximum Gasteiger partial charge on any atom is 0.482 e. The first-order chi connectivity index (χ1) is 12.8. The number of carbonyl (C=O) groups is 2. The number of nitrogens with zero attached hydrogens (tertiary/aromatic N) is 1. The van der Waals surface area contributed by atoms with E-state index in [9.17, 15) is 18.4 Å². The van der Waals surface area contributed by atoms with Gasteiger partial charge >= 0.3 is 18.0 Å². The summed E-state index contributed by atoms with van der Waals surface area (Å²) < 4.78 is 38.9. The second-order valence-corrected chi connectivity index (χ2v) is 6.95. The summed E-state index contributed by atoms with van der Waals surface area (Å²) >= 11 is 3.20. The fraction of sp³-hybridized carbons (Fsp3) is 0.263. The maximum absolute atomic E-state index is 14.4. The fourth-order valence-corrected chi connectivity index (χ4v) is 3.25. The number of carbonyl (C=O) groups excluding carboxylic acids is 2. The van der Waals surface area contributed by atoms with Gasteiger partial charge in [-0.3, -0.25) is 9.59 Å². The number of benzene rings is 2. The smallest absolute Gasteiger partial charge is 0.468 e. The third kappa shape index (κ3) is 4.10. The summed E-state index contributed by atoms with van der Waals surface area (Å²) in [4.78, 5) is 25.5. The molecule has 142 valence electrons. The summed E-state index contributed by atoms with van der Waals surface area (Å²) in [6, 6.07) is 12.6. The van der Waals surface area contributed by atoms with Crippen molar-refractivity contribution in [1.29, 1.82) is 0 Å². The highest BCUT2D eigenvalue weighted by Crippen LogP contribution is 2.32. The Balaban J connectivity index is 1.83. The number of alkyl halides is 2. The van der Waals surface area contributed by atoms with E-state index >= 15 is 0 Å². The van der Waals surface area contributed by atoms with Gasteiger partial charge in [0.15, 0.2) is 0 Å². The lowest BCUT2D eigenvalue weighted by atomic mass is 9.89. The quantitative estimate of drug-likeness (QED) is 0.681. The standard InChI is InChI=1S/C19H16BrF2NO4/c1-26-17(24)16-11-23(10-12-4-2-3-5-15(12)16)18(25)19(21,22)27-14-8-6-13(20)7-9-14/h2-9,16H,10-11H2,1H3. The molecule has 27 heavy (non-hydrogen) atoms. The fourth-order valence-electron chi connectivity index (χ4n) is 2.98. The topological polar surface area (TPSA) is 55.8 Å². The summed E-state index contributed by atoms with van der Waals surface area (Å²) in [6.45, 7) is -0.246. The molecule has 8 heteroatoms. The first-order valence-corrected chi connectivity index (χ1v) is 8.88. The molecule has 1 unspecified atom stereocenters. The monoisotopic (exact) mass is 439 g/mol. The van der Waals surface area contributed by atoms with Crippen molar-refractivity contribution in [2.45, 2.75) is 18.6 Å². The van der Waals surface area contributed by atoms with Crippen molar-refractivity contribution in [2.75, 3.05) is 13.7 Å². The van der Waals surface area contributed by atoms with Crippen LogP contribution in [0.25, 0.3) is 0 Å². The van der Waals surface area contributed by atoms with E-state index < -0.39 is 23.9 Å². The van der Waals surface area contributed by atoms with E-state index in [0.717, 1.165) is 4.90 Å². The van der Waals surface area contributed by atoms with Gasteiger partial charge in [0.2, 0.25) is 0 Å². The molecule has 0 saturated heterocycles. The maximum atomic E-state index is 14.4. The molecule has 0 bridgehead atoms. The summed E-state index contributed by atoms with van der Waals surface area (Å²) in [5.41, 5.74) is 1.29. The van der Waals surface area contributed by atoms with Crippen LogP contribution in [0.5, 0.6) is 5.75 Å². The molecule has 2 aromatic carbocycles. The predicted molar refractivity (Wildman–Crippen MR) is 96.3 cm³/mol. The minimum absolute atomic E-state index is 0.0399. The van der Waals surface area contributed by atoms with Gasteiger partial charge in [0.05, 0.1) is 13.0 Å². The van der Waals surface area contributed by atoms with Crippen LogP contribution in [0.15, 0.2) is 53.0 Å². The van der Waals surface area contributed by atoms with Crippen LogP contribution in [0.1, 0.15) is 17.0 Å². The molecule has 3 rings (SSSR count). The van der Waals surface area contributed by atoms with Gasteiger partial charge in [0.1, 0.15) is 5.75 Å². The molecule has 1 heterocycles. The first-order valence-electron chi connectivity index (χ1n) is 8.09. The van der Waals surface area contributed by atoms with Gasteiger partial charge < -0.3 is 14.4 Å². The first kappa shape index (κ1) is 19.3. The molecule has 1 aliphatic heterocycles. The summed E-state index contributed by atoms with van der Waals surface area (Å²) in [6.07, 6.45) is -4.07. The molecule has 0 fully saturated rings. The van der Waals surface area contributed by atoms with Gasteiger partial charge in [-0.05, 0) is 35.4 Å². The Hall–Kier alpha value is -2.48. The molecule has 0 N–H and O–H groups in total. The highest BCUT2D eigenvalue weighted by molar-refractivity contribution is 9.10. The van der Waals surface area contributed by atoms with E-state index in [1.165, 1.54) is 31.4 Å². The zero-order valence-electron chi connectivity index (χ0n) is 14.3. The third-order valence-corrected chi connectivity index (χ3v) is 4.80. The molecule has 1 atom stereocenters. The van der Waals surface area contributed by atoms with E-state index in [4.69, 9.17) is 4.74 Å². The van der Waals surface area contributed by atoms with E-state index in [1.54, 1.807) is 24.3 Å². The number of rotatable bonds is 4. The number of esters is 1. The van der Waals surface area contributed by atoms with Crippen molar-refractivity contribution in [3.05, 3.63) is 64.1 Å². The number of hydrogen-bond acceptors (Lipinski definition) is 4. The molecule has 0 radical (unpaired) electrons. The Morgan fingerprint density at radius 3 is 2.48 bits per heavy atom. The van der Waals surface area contributed by atoms with Crippen molar-refractivity contribution in [2.24, 2.45) is 0 Å². The normalized spacial score (nSPS) is 16.4. The number of halogens is 3. The van der Waals surface area contributed by atoms with Crippen molar-refractivity contribution in [3.63, 3.8) is 0 Å². The highest BCUT2D eigenvalue weighted by Gasteiger charge is 2.47. The van der Waals surface area contributed by atoms with Gasteiger partial charge in [0.25, 0.3) is 0 Å². The minimum atomic E-state index is -4.07. The summed E-state index contributed by atoms with van der Waals surface area (Å²) in [7, 11) is 1.22. The lowest BCUT2D eigenvalue weighted by molar-refractivity contribution is -0.205. The Bertz CT molecular complexity index is 857. The van der Waals surface area contributed by atoms with Crippen molar-refractivity contribution in [1.82, 2.24) is 4.90 Å². The van der Waals surface area contributed by atoms with Crippen molar-refractivity contribution in [3.8, 4) is 5.75 Å². The van der Waals surface area contributed by atoms with Crippen molar-refractivity contribution >= 4 is 27.8 Å². The van der Waals surface area contributed by atoms with Gasteiger partial charge in [-0.1, -0.05) is 40.2 Å². The van der Waals surface area contributed by atoms with Crippen LogP contribution in [0.3, 0.4) is 0 Å². The molecule has 0 aromatic heterocycles. The zero-order chi connectivity index (χ0) is 19.6. The van der Waals surface area contributed by atoms with Gasteiger partial charge in [0, 0.05) is 17.6 Å². The van der Waals surface area contributed by atoms with Crippen LogP contribution in [-0.4, -0.2) is 36.5 Å². The van der Waals surface area contributed by atoms with Gasteiger partial charge in [-0.25, -0.2) is 0 Å². The van der Waals surface area contributed by atoms with Crippen LogP contribution in [0.4, 0.5) is 8.78 Å². The average molecular weight is 440 g/mol. The SMILES string of the molecule is COC(=O)C1CN(C(=O)C(F)(F)Oc2ccc(Br)cc2)Cc2ccccc21. The second-order valence-electron chi connectivity index (χ2n) is 6.03. The largest absolute Gasteiger partial charge is 0.482 e. The van der Waals surface area contributed by atoms with Crippen LogP contribution in [-0.2, 0) is 20.9 Å². The van der Waals surface area contributed by atoms with Gasteiger partial charge in [-0.2, -0.15) is 8.78 Å². The van der Waals surface area contributed by atoms with E-state index in [1.807, 2.05) is 0 Å².